The lowest BCUT2D eigenvalue weighted by Crippen LogP contribution is -2.29. The molecule has 1 aromatic rings. The van der Waals surface area contributed by atoms with Crippen LogP contribution in [0.1, 0.15) is 12.1 Å². The molecule has 0 bridgehead atoms. The molecule has 0 saturated carbocycles. The van der Waals surface area contributed by atoms with Crippen molar-refractivity contribution in [2.45, 2.75) is 12.8 Å². The van der Waals surface area contributed by atoms with Crippen LogP contribution in [0.15, 0.2) is 18.3 Å². The monoisotopic (exact) mass is 248 g/mol. The number of aromatic nitrogens is 1. The molecule has 1 amide bonds. The van der Waals surface area contributed by atoms with E-state index in [4.69, 9.17) is 15.7 Å². The molecule has 0 spiro atoms. The first-order valence-corrected chi connectivity index (χ1v) is 5.67. The van der Waals surface area contributed by atoms with E-state index in [-0.39, 0.29) is 12.5 Å². The Labute approximate surface area is 106 Å². The van der Waals surface area contributed by atoms with Gasteiger partial charge in [0.2, 0.25) is 0 Å². The van der Waals surface area contributed by atoms with Gasteiger partial charge in [-0.25, -0.2) is 0 Å². The number of nitrogens with zero attached hydrogens (tertiary/aromatic N) is 2. The molecule has 0 radical (unpaired) electrons. The number of carbonyl (C=O) groups excluding carboxylic acids is 1. The minimum atomic E-state index is -0.253. The number of carbonyl (C=O) groups is 1. The number of hydrogen-bond acceptors (Lipinski definition) is 5. The van der Waals surface area contributed by atoms with Crippen molar-refractivity contribution in [3.63, 3.8) is 0 Å². The molecule has 0 aliphatic carbocycles. The van der Waals surface area contributed by atoms with Gasteiger partial charge in [0, 0.05) is 18.7 Å². The second-order valence-corrected chi connectivity index (χ2v) is 3.57. The molecule has 1 rings (SSSR count). The summed E-state index contributed by atoms with van der Waals surface area (Å²) in [5.41, 5.74) is 6.30. The van der Waals surface area contributed by atoms with E-state index >= 15 is 0 Å². The second-order valence-electron chi connectivity index (χ2n) is 3.57. The third kappa shape index (κ3) is 5.27. The Kier molecular flexibility index (Phi) is 6.22. The second kappa shape index (κ2) is 8.03. The molecule has 6 heteroatoms. The van der Waals surface area contributed by atoms with Gasteiger partial charge in [0.1, 0.15) is 5.75 Å². The number of amides is 1. The molecule has 0 saturated heterocycles. The number of nitriles is 1. The highest BCUT2D eigenvalue weighted by Crippen LogP contribution is 2.08. The molecule has 0 unspecified atom stereocenters. The Morgan fingerprint density at radius 3 is 3.00 bits per heavy atom. The number of nitrogens with two attached hydrogens (primary N) is 1. The first kappa shape index (κ1) is 13.9. The fourth-order valence-electron chi connectivity index (χ4n) is 1.25. The van der Waals surface area contributed by atoms with E-state index in [0.717, 1.165) is 12.1 Å². The summed E-state index contributed by atoms with van der Waals surface area (Å²) in [6.45, 7) is 0.810. The average molecular weight is 248 g/mol. The van der Waals surface area contributed by atoms with E-state index in [9.17, 15) is 4.79 Å². The van der Waals surface area contributed by atoms with Gasteiger partial charge in [0.25, 0.3) is 5.91 Å². The Morgan fingerprint density at radius 2 is 2.39 bits per heavy atom. The van der Waals surface area contributed by atoms with Crippen molar-refractivity contribution in [2.75, 3.05) is 19.7 Å². The summed E-state index contributed by atoms with van der Waals surface area (Å²) in [4.78, 5) is 15.4. The molecule has 1 heterocycles. The standard InChI is InChI=1S/C12H16N4O2/c13-5-1-7-15-12(17)9-18-11-3-2-10(4-6-14)16-8-11/h2-3,8H,1,4,6-7,9,14H2,(H,15,17). The zero-order valence-corrected chi connectivity index (χ0v) is 10.1. The fourth-order valence-corrected chi connectivity index (χ4v) is 1.25. The molecule has 6 nitrogen and oxygen atoms in total. The van der Waals surface area contributed by atoms with Crippen LogP contribution in [0.5, 0.6) is 5.75 Å². The van der Waals surface area contributed by atoms with Crippen molar-refractivity contribution in [1.82, 2.24) is 10.3 Å². The Morgan fingerprint density at radius 1 is 1.56 bits per heavy atom. The molecule has 1 aromatic heterocycles. The smallest absolute Gasteiger partial charge is 0.257 e. The van der Waals surface area contributed by atoms with Gasteiger partial charge >= 0.3 is 0 Å². The van der Waals surface area contributed by atoms with E-state index in [1.165, 1.54) is 0 Å². The lowest BCUT2D eigenvalue weighted by molar-refractivity contribution is -0.123. The van der Waals surface area contributed by atoms with E-state index in [0.29, 0.717) is 25.3 Å². The first-order chi connectivity index (χ1) is 8.76. The molecular formula is C12H16N4O2. The summed E-state index contributed by atoms with van der Waals surface area (Å²) < 4.78 is 5.24. The van der Waals surface area contributed by atoms with Gasteiger partial charge in [0.15, 0.2) is 6.61 Å². The lowest BCUT2D eigenvalue weighted by Gasteiger charge is -2.06. The Balaban J connectivity index is 2.30. The van der Waals surface area contributed by atoms with Gasteiger partial charge in [-0.1, -0.05) is 0 Å². The molecule has 18 heavy (non-hydrogen) atoms. The molecular weight excluding hydrogens is 232 g/mol. The number of ether oxygens (including phenoxy) is 1. The fraction of sp³-hybridized carbons (Fsp3) is 0.417. The number of rotatable bonds is 7. The topological polar surface area (TPSA) is 101 Å². The highest BCUT2D eigenvalue weighted by atomic mass is 16.5. The third-order valence-corrected chi connectivity index (χ3v) is 2.13. The van der Waals surface area contributed by atoms with E-state index in [1.807, 2.05) is 12.1 Å². The quantitative estimate of drug-likeness (QED) is 0.661. The van der Waals surface area contributed by atoms with Crippen LogP contribution in [0, 0.1) is 11.3 Å². The Bertz CT molecular complexity index is 411. The van der Waals surface area contributed by atoms with Crippen LogP contribution in [0.2, 0.25) is 0 Å². The maximum absolute atomic E-state index is 11.3. The van der Waals surface area contributed by atoms with Crippen LogP contribution in [-0.4, -0.2) is 30.6 Å². The summed E-state index contributed by atoms with van der Waals surface area (Å²) in [6, 6.07) is 5.51. The maximum atomic E-state index is 11.3. The molecule has 0 atom stereocenters. The van der Waals surface area contributed by atoms with Crippen LogP contribution in [0.3, 0.4) is 0 Å². The largest absolute Gasteiger partial charge is 0.482 e. The highest BCUT2D eigenvalue weighted by Gasteiger charge is 2.02. The predicted molar refractivity (Wildman–Crippen MR) is 65.7 cm³/mol. The van der Waals surface area contributed by atoms with Crippen LogP contribution in [0.4, 0.5) is 0 Å². The maximum Gasteiger partial charge on any atom is 0.257 e. The molecule has 0 aromatic carbocycles. The van der Waals surface area contributed by atoms with Crippen molar-refractivity contribution in [3.8, 4) is 11.8 Å². The van der Waals surface area contributed by atoms with Gasteiger partial charge in [0.05, 0.1) is 18.7 Å². The third-order valence-electron chi connectivity index (χ3n) is 2.13. The summed E-state index contributed by atoms with van der Waals surface area (Å²) in [5, 5.41) is 10.9. The van der Waals surface area contributed by atoms with Gasteiger partial charge < -0.3 is 15.8 Å². The Hall–Kier alpha value is -2.13. The van der Waals surface area contributed by atoms with Crippen LogP contribution in [0.25, 0.3) is 0 Å². The van der Waals surface area contributed by atoms with Crippen molar-refractivity contribution < 1.29 is 9.53 Å². The number of nitrogens with one attached hydrogen (secondary N) is 1. The van der Waals surface area contributed by atoms with E-state index in [2.05, 4.69) is 10.3 Å². The van der Waals surface area contributed by atoms with Crippen molar-refractivity contribution in [2.24, 2.45) is 5.73 Å². The summed E-state index contributed by atoms with van der Waals surface area (Å²) in [6.07, 6.45) is 2.57. The molecule has 0 fully saturated rings. The highest BCUT2D eigenvalue weighted by molar-refractivity contribution is 5.77. The zero-order chi connectivity index (χ0) is 13.2. The zero-order valence-electron chi connectivity index (χ0n) is 10.1. The SMILES string of the molecule is N#CCCNC(=O)COc1ccc(CCN)nc1. The number of pyridine rings is 1. The molecule has 96 valence electrons. The summed E-state index contributed by atoms with van der Waals surface area (Å²) in [7, 11) is 0. The van der Waals surface area contributed by atoms with Crippen molar-refractivity contribution in [1.29, 1.82) is 5.26 Å². The van der Waals surface area contributed by atoms with Gasteiger partial charge in [-0.3, -0.25) is 9.78 Å². The van der Waals surface area contributed by atoms with Crippen LogP contribution in [-0.2, 0) is 11.2 Å². The predicted octanol–water partition coefficient (Wildman–Crippen LogP) is -0.00852. The first-order valence-electron chi connectivity index (χ1n) is 5.67. The van der Waals surface area contributed by atoms with Gasteiger partial charge in [-0.15, -0.1) is 0 Å². The molecule has 0 aliphatic heterocycles. The van der Waals surface area contributed by atoms with Crippen molar-refractivity contribution >= 4 is 5.91 Å². The molecule has 3 N–H and O–H groups in total. The van der Waals surface area contributed by atoms with Gasteiger partial charge in [-0.05, 0) is 18.7 Å². The normalized spacial score (nSPS) is 9.56. The minimum absolute atomic E-state index is 0.0800. The van der Waals surface area contributed by atoms with Gasteiger partial charge in [-0.2, -0.15) is 5.26 Å². The summed E-state index contributed by atoms with van der Waals surface area (Å²) >= 11 is 0. The summed E-state index contributed by atoms with van der Waals surface area (Å²) in [5.74, 6) is 0.280. The lowest BCUT2D eigenvalue weighted by atomic mass is 10.3. The minimum Gasteiger partial charge on any atom is -0.482 e. The van der Waals surface area contributed by atoms with Crippen LogP contribution >= 0.6 is 0 Å². The van der Waals surface area contributed by atoms with Crippen LogP contribution < -0.4 is 15.8 Å². The molecule has 0 aliphatic rings. The van der Waals surface area contributed by atoms with Crippen molar-refractivity contribution in [3.05, 3.63) is 24.0 Å². The number of hydrogen-bond donors (Lipinski definition) is 2. The van der Waals surface area contributed by atoms with E-state index in [1.54, 1.807) is 12.3 Å². The van der Waals surface area contributed by atoms with E-state index < -0.39 is 0 Å². The average Bonchev–Trinajstić information content (AvgIpc) is 2.39.